The number of carbonyl (C=O) groups is 1. The Morgan fingerprint density at radius 3 is 2.75 bits per heavy atom. The van der Waals surface area contributed by atoms with Gasteiger partial charge in [0.15, 0.2) is 6.23 Å². The molecule has 0 unspecified atom stereocenters. The predicted molar refractivity (Wildman–Crippen MR) is 98.3 cm³/mol. The van der Waals surface area contributed by atoms with Crippen molar-refractivity contribution < 1.29 is 24.5 Å². The molecule has 0 spiro atoms. The molecule has 2 aromatic rings. The van der Waals surface area contributed by atoms with E-state index in [-0.39, 0.29) is 17.9 Å². The van der Waals surface area contributed by atoms with Crippen LogP contribution in [0.1, 0.15) is 22.1 Å². The summed E-state index contributed by atoms with van der Waals surface area (Å²) in [5, 5.41) is 22.2. The van der Waals surface area contributed by atoms with Crippen molar-refractivity contribution in [3.63, 3.8) is 0 Å². The summed E-state index contributed by atoms with van der Waals surface area (Å²) in [6.45, 7) is -0.191. The maximum Gasteiger partial charge on any atom is 0.351 e. The first kappa shape index (κ1) is 20.0. The number of ether oxygens (including phenoxy) is 2. The predicted octanol–water partition coefficient (Wildman–Crippen LogP) is -0.979. The highest BCUT2D eigenvalue weighted by molar-refractivity contribution is 5.97. The molecular weight excluding hydrogens is 368 g/mol. The summed E-state index contributed by atoms with van der Waals surface area (Å²) < 4.78 is 11.8. The Morgan fingerprint density at radius 1 is 1.39 bits per heavy atom. The number of benzene rings is 1. The number of methoxy groups -OCH3 is 1. The van der Waals surface area contributed by atoms with Gasteiger partial charge in [-0.2, -0.15) is 4.98 Å². The van der Waals surface area contributed by atoms with Crippen LogP contribution in [0.5, 0.6) is 0 Å². The van der Waals surface area contributed by atoms with E-state index >= 15 is 0 Å². The minimum Gasteiger partial charge on any atom is -0.394 e. The van der Waals surface area contributed by atoms with Gasteiger partial charge in [0.05, 0.1) is 12.2 Å². The van der Waals surface area contributed by atoms with Crippen LogP contribution in [0.25, 0.3) is 0 Å². The zero-order valence-electron chi connectivity index (χ0n) is 15.2. The average molecular weight is 390 g/mol. The van der Waals surface area contributed by atoms with Gasteiger partial charge in [0.2, 0.25) is 0 Å². The third-order valence-corrected chi connectivity index (χ3v) is 4.56. The van der Waals surface area contributed by atoms with Crippen LogP contribution >= 0.6 is 0 Å². The number of aliphatic hydroxyl groups is 2. The van der Waals surface area contributed by atoms with Gasteiger partial charge in [-0.15, -0.1) is 0 Å². The minimum absolute atomic E-state index is 0.0177. The zero-order valence-corrected chi connectivity index (χ0v) is 15.2. The summed E-state index contributed by atoms with van der Waals surface area (Å²) >= 11 is 0. The quantitative estimate of drug-likeness (QED) is 0.492. The van der Waals surface area contributed by atoms with Crippen LogP contribution < -0.4 is 16.7 Å². The van der Waals surface area contributed by atoms with Crippen LogP contribution in [0.15, 0.2) is 41.3 Å². The second-order valence-corrected chi connectivity index (χ2v) is 6.34. The molecule has 1 aromatic heterocycles. The molecule has 10 heteroatoms. The fourth-order valence-electron chi connectivity index (χ4n) is 3.06. The fourth-order valence-corrected chi connectivity index (χ4v) is 3.06. The molecule has 3 rings (SSSR count). The molecule has 5 N–H and O–H groups in total. The average Bonchev–Trinajstić information content (AvgIpc) is 3.02. The van der Waals surface area contributed by atoms with Crippen molar-refractivity contribution in [1.29, 1.82) is 0 Å². The van der Waals surface area contributed by atoms with Gasteiger partial charge in [0, 0.05) is 19.9 Å². The van der Waals surface area contributed by atoms with Gasteiger partial charge < -0.3 is 30.7 Å². The SMILES string of the molecule is CO[C@@H]1[C@@H](O)[C@@H](CO)O[C@H]1n1cc(C(=O)NCc2ccccc2)c(N)nc1=O. The lowest BCUT2D eigenvalue weighted by atomic mass is 10.1. The highest BCUT2D eigenvalue weighted by Gasteiger charge is 2.45. The van der Waals surface area contributed by atoms with Crippen molar-refractivity contribution in [3.8, 4) is 0 Å². The van der Waals surface area contributed by atoms with Gasteiger partial charge >= 0.3 is 5.69 Å². The number of hydrogen-bond acceptors (Lipinski definition) is 8. The van der Waals surface area contributed by atoms with Crippen LogP contribution in [-0.2, 0) is 16.0 Å². The highest BCUT2D eigenvalue weighted by atomic mass is 16.6. The van der Waals surface area contributed by atoms with Crippen LogP contribution in [-0.4, -0.2) is 57.7 Å². The number of amides is 1. The Balaban J connectivity index is 1.86. The molecule has 0 radical (unpaired) electrons. The summed E-state index contributed by atoms with van der Waals surface area (Å²) in [7, 11) is 1.34. The summed E-state index contributed by atoms with van der Waals surface area (Å²) in [5.74, 6) is -0.744. The van der Waals surface area contributed by atoms with E-state index in [2.05, 4.69) is 10.3 Å². The maximum absolute atomic E-state index is 12.5. The third kappa shape index (κ3) is 3.90. The summed E-state index contributed by atoms with van der Waals surface area (Å²) in [4.78, 5) is 28.5. The molecule has 28 heavy (non-hydrogen) atoms. The zero-order chi connectivity index (χ0) is 20.3. The number of nitrogen functional groups attached to an aromatic ring is 1. The van der Waals surface area contributed by atoms with Crippen LogP contribution in [0.3, 0.4) is 0 Å². The molecule has 1 aromatic carbocycles. The molecule has 0 saturated carbocycles. The molecule has 4 atom stereocenters. The first-order valence-corrected chi connectivity index (χ1v) is 8.64. The second kappa shape index (κ2) is 8.48. The van der Waals surface area contributed by atoms with Crippen LogP contribution in [0.4, 0.5) is 5.82 Å². The Kier molecular flexibility index (Phi) is 6.05. The van der Waals surface area contributed by atoms with Gasteiger partial charge in [-0.25, -0.2) is 4.79 Å². The topological polar surface area (TPSA) is 149 Å². The first-order valence-electron chi connectivity index (χ1n) is 8.64. The number of hydrogen-bond donors (Lipinski definition) is 4. The van der Waals surface area contributed by atoms with Crippen molar-refractivity contribution in [2.45, 2.75) is 31.1 Å². The number of rotatable bonds is 6. The van der Waals surface area contributed by atoms with Crippen molar-refractivity contribution in [2.24, 2.45) is 0 Å². The number of nitrogens with two attached hydrogens (primary N) is 1. The molecule has 1 aliphatic rings. The normalized spacial score (nSPS) is 24.2. The van der Waals surface area contributed by atoms with E-state index in [4.69, 9.17) is 15.2 Å². The van der Waals surface area contributed by atoms with E-state index < -0.39 is 42.7 Å². The lowest BCUT2D eigenvalue weighted by molar-refractivity contribution is -0.0625. The van der Waals surface area contributed by atoms with E-state index in [1.165, 1.54) is 13.3 Å². The van der Waals surface area contributed by atoms with E-state index in [1.54, 1.807) is 0 Å². The number of anilines is 1. The Morgan fingerprint density at radius 2 is 2.11 bits per heavy atom. The van der Waals surface area contributed by atoms with Crippen molar-refractivity contribution in [1.82, 2.24) is 14.9 Å². The second-order valence-electron chi connectivity index (χ2n) is 6.34. The molecule has 150 valence electrons. The number of aliphatic hydroxyl groups excluding tert-OH is 2. The molecule has 0 aliphatic carbocycles. The standard InChI is InChI=1S/C18H22N4O6/c1-27-14-13(24)12(9-23)28-17(14)22-8-11(15(19)21-18(22)26)16(25)20-7-10-5-3-2-4-6-10/h2-6,8,12-14,17,23-24H,7,9H2,1H3,(H,20,25)(H2,19,21,26)/t12-,13+,14-,17-/m1/s1. The Labute approximate surface area is 160 Å². The van der Waals surface area contributed by atoms with E-state index in [9.17, 15) is 19.8 Å². The number of nitrogens with zero attached hydrogens (tertiary/aromatic N) is 2. The molecule has 10 nitrogen and oxygen atoms in total. The molecule has 1 aliphatic heterocycles. The Hall–Kier alpha value is -2.79. The van der Waals surface area contributed by atoms with Crippen LogP contribution in [0, 0.1) is 0 Å². The third-order valence-electron chi connectivity index (χ3n) is 4.56. The lowest BCUT2D eigenvalue weighted by Gasteiger charge is -2.21. The highest BCUT2D eigenvalue weighted by Crippen LogP contribution is 2.30. The molecule has 0 bridgehead atoms. The smallest absolute Gasteiger partial charge is 0.351 e. The number of nitrogens with one attached hydrogen (secondary N) is 1. The van der Waals surface area contributed by atoms with Crippen molar-refractivity contribution >= 4 is 11.7 Å². The minimum atomic E-state index is -1.15. The number of carbonyl (C=O) groups excluding carboxylic acids is 1. The molecule has 1 amide bonds. The maximum atomic E-state index is 12.5. The van der Waals surface area contributed by atoms with Crippen LogP contribution in [0.2, 0.25) is 0 Å². The first-order chi connectivity index (χ1) is 13.5. The molecule has 1 saturated heterocycles. The van der Waals surface area contributed by atoms with Gasteiger partial charge in [0.1, 0.15) is 24.1 Å². The largest absolute Gasteiger partial charge is 0.394 e. The van der Waals surface area contributed by atoms with Gasteiger partial charge in [-0.1, -0.05) is 30.3 Å². The van der Waals surface area contributed by atoms with Crippen molar-refractivity contribution in [2.75, 3.05) is 19.5 Å². The van der Waals surface area contributed by atoms with Gasteiger partial charge in [-0.3, -0.25) is 9.36 Å². The summed E-state index contributed by atoms with van der Waals surface area (Å²) in [5.41, 5.74) is 5.87. The Bertz CT molecular complexity index is 887. The van der Waals surface area contributed by atoms with Gasteiger partial charge in [0.25, 0.3) is 5.91 Å². The fraction of sp³-hybridized carbons (Fsp3) is 0.389. The molecule has 1 fully saturated rings. The van der Waals surface area contributed by atoms with E-state index in [0.717, 1.165) is 10.1 Å². The van der Waals surface area contributed by atoms with E-state index in [1.807, 2.05) is 30.3 Å². The number of aromatic nitrogens is 2. The lowest BCUT2D eigenvalue weighted by Crippen LogP contribution is -2.38. The molecule has 2 heterocycles. The van der Waals surface area contributed by atoms with Gasteiger partial charge in [-0.05, 0) is 5.56 Å². The van der Waals surface area contributed by atoms with E-state index in [0.29, 0.717) is 0 Å². The van der Waals surface area contributed by atoms with Crippen molar-refractivity contribution in [3.05, 3.63) is 58.1 Å². The summed E-state index contributed by atoms with van der Waals surface area (Å²) in [6.07, 6.45) is -2.87. The molecular formula is C18H22N4O6. The monoisotopic (exact) mass is 390 g/mol. The summed E-state index contributed by atoms with van der Waals surface area (Å²) in [6, 6.07) is 9.28.